The van der Waals surface area contributed by atoms with Crippen LogP contribution in [0, 0.1) is 26.0 Å². The first-order valence-corrected chi connectivity index (χ1v) is 12.4. The molecule has 0 aromatic heterocycles. The van der Waals surface area contributed by atoms with Gasteiger partial charge in [0, 0.05) is 0 Å². The van der Waals surface area contributed by atoms with E-state index in [1.165, 1.54) is 48.3 Å². The molecule has 2 aliphatic rings. The number of hydrogen-bond donors (Lipinski definition) is 0. The van der Waals surface area contributed by atoms with Crippen molar-refractivity contribution in [3.63, 3.8) is 0 Å². The fraction of sp³-hybridized carbons (Fsp3) is 0.121. The second kappa shape index (κ2) is 14.9. The second-order valence-corrected chi connectivity index (χ2v) is 9.30. The van der Waals surface area contributed by atoms with Crippen LogP contribution in [0.1, 0.15) is 39.8 Å². The summed E-state index contributed by atoms with van der Waals surface area (Å²) in [6, 6.07) is 35.4. The molecular formula is C33H28Cl2Ti-2. The van der Waals surface area contributed by atoms with Crippen LogP contribution in [0.2, 0.25) is 0 Å². The zero-order valence-corrected chi connectivity index (χ0v) is 23.6. The molecule has 3 heteroatoms. The average Bonchev–Trinajstić information content (AvgIpc) is 3.57. The van der Waals surface area contributed by atoms with Crippen molar-refractivity contribution >= 4 is 3.81 Å². The van der Waals surface area contributed by atoms with E-state index in [-0.39, 0.29) is 24.8 Å². The number of benzene rings is 4. The fourth-order valence-electron chi connectivity index (χ4n) is 4.02. The van der Waals surface area contributed by atoms with Crippen LogP contribution in [0.25, 0.3) is 11.1 Å². The van der Waals surface area contributed by atoms with Crippen LogP contribution in [0.3, 0.4) is 0 Å². The summed E-state index contributed by atoms with van der Waals surface area (Å²) in [5.41, 5.74) is 10.8. The summed E-state index contributed by atoms with van der Waals surface area (Å²) in [5, 5.41) is 0. The third-order valence-electron chi connectivity index (χ3n) is 5.80. The maximum absolute atomic E-state index is 3.38. The molecule has 36 heavy (non-hydrogen) atoms. The molecule has 0 unspecified atom stereocenters. The van der Waals surface area contributed by atoms with Crippen molar-refractivity contribution in [2.45, 2.75) is 26.7 Å². The molecule has 180 valence electrons. The minimum atomic E-state index is 0. The van der Waals surface area contributed by atoms with Crippen LogP contribution in [0.4, 0.5) is 0 Å². The van der Waals surface area contributed by atoms with Crippen LogP contribution in [0.5, 0.6) is 0 Å². The molecule has 0 atom stereocenters. The van der Waals surface area contributed by atoms with Gasteiger partial charge in [0.2, 0.25) is 0 Å². The molecule has 0 bridgehead atoms. The molecule has 0 saturated carbocycles. The van der Waals surface area contributed by atoms with Gasteiger partial charge in [0.25, 0.3) is 0 Å². The Balaban J connectivity index is 0.000000204. The van der Waals surface area contributed by atoms with Gasteiger partial charge in [-0.05, 0) is 13.3 Å². The molecule has 0 fully saturated rings. The third kappa shape index (κ3) is 8.02. The topological polar surface area (TPSA) is 0 Å². The van der Waals surface area contributed by atoms with Gasteiger partial charge in [0.05, 0.1) is 0 Å². The second-order valence-electron chi connectivity index (χ2n) is 8.52. The molecule has 4 aromatic carbocycles. The van der Waals surface area contributed by atoms with Gasteiger partial charge in [0.15, 0.2) is 0 Å². The van der Waals surface area contributed by atoms with Crippen molar-refractivity contribution < 1.29 is 44.8 Å². The van der Waals surface area contributed by atoms with E-state index in [1.54, 1.807) is 0 Å². The van der Waals surface area contributed by atoms with Gasteiger partial charge in [-0.3, -0.25) is 6.08 Å². The standard InChI is InChI=1S/C15H13.C13H10.C5H5.2ClH.Ti/c1-10-3-5-12-9-13-6-4-11(2)8-15(13)14(12)7-10;1-3-7-12(8-4-1)11-13-9-5-2-6-10-13;1-2-4-5-3-1;;;/h3-5,7-8H,9H2,1-2H3;1-10H;1-3H,4H2;2*1H;/q-1;;-1;;;+2/p-2. The third-order valence-corrected chi connectivity index (χ3v) is 6.71. The van der Waals surface area contributed by atoms with Gasteiger partial charge in [-0.25, -0.2) is 12.2 Å². The molecular weight excluding hydrogens is 515 g/mol. The predicted molar refractivity (Wildman–Crippen MR) is 141 cm³/mol. The molecule has 0 amide bonds. The van der Waals surface area contributed by atoms with Crippen molar-refractivity contribution in [2.24, 2.45) is 0 Å². The number of allylic oxidation sites excluding steroid dienone is 4. The van der Waals surface area contributed by atoms with Gasteiger partial charge in [-0.1, -0.05) is 41.8 Å². The molecule has 0 spiro atoms. The summed E-state index contributed by atoms with van der Waals surface area (Å²) in [6.45, 7) is 4.28. The Morgan fingerprint density at radius 2 is 1.36 bits per heavy atom. The Labute approximate surface area is 239 Å². The van der Waals surface area contributed by atoms with Gasteiger partial charge < -0.3 is 24.8 Å². The summed E-state index contributed by atoms with van der Waals surface area (Å²) in [5.74, 6) is 0. The molecule has 6 rings (SSSR count). The van der Waals surface area contributed by atoms with E-state index >= 15 is 0 Å². The number of hydrogen-bond acceptors (Lipinski definition) is 0. The fourth-order valence-corrected chi connectivity index (χ4v) is 4.54. The average molecular weight is 543 g/mol. The molecule has 0 radical (unpaired) electrons. The monoisotopic (exact) mass is 542 g/mol. The van der Waals surface area contributed by atoms with Crippen molar-refractivity contribution in [1.29, 1.82) is 0 Å². The van der Waals surface area contributed by atoms with Crippen molar-refractivity contribution in [3.8, 4) is 11.1 Å². The molecule has 0 aliphatic heterocycles. The first kappa shape index (κ1) is 29.8. The van der Waals surface area contributed by atoms with Crippen molar-refractivity contribution in [3.05, 3.63) is 155 Å². The zero-order chi connectivity index (χ0) is 23.8. The van der Waals surface area contributed by atoms with Gasteiger partial charge >= 0.3 is 95.6 Å². The SMILES string of the molecule is Cc1c[c-]c2c(c1)-c1cc(C)ccc1C2.[C-]1=CC=CC1.[Cl-].[Cl-].[Ti+2]=[C](c1ccccc1)c1ccccc1. The van der Waals surface area contributed by atoms with Gasteiger partial charge in [0.1, 0.15) is 0 Å². The molecule has 4 aromatic rings. The van der Waals surface area contributed by atoms with E-state index in [0.717, 1.165) is 12.8 Å². The normalized spacial score (nSPS) is 11.4. The van der Waals surface area contributed by atoms with Crippen molar-refractivity contribution in [2.75, 3.05) is 0 Å². The van der Waals surface area contributed by atoms with Crippen LogP contribution in [-0.2, 0) is 26.4 Å². The molecule has 2 aliphatic carbocycles. The summed E-state index contributed by atoms with van der Waals surface area (Å²) in [6.07, 6.45) is 11.0. The zero-order valence-electron chi connectivity index (χ0n) is 20.6. The number of aryl methyl sites for hydroxylation is 2. The van der Waals surface area contributed by atoms with E-state index in [2.05, 4.69) is 131 Å². The van der Waals surface area contributed by atoms with E-state index in [9.17, 15) is 0 Å². The maximum atomic E-state index is 3.38. The van der Waals surface area contributed by atoms with Gasteiger partial charge in [-0.2, -0.15) is 35.4 Å². The first-order chi connectivity index (χ1) is 16.6. The summed E-state index contributed by atoms with van der Waals surface area (Å²) >= 11 is 2.16. The Morgan fingerprint density at radius 3 is 1.89 bits per heavy atom. The minimum absolute atomic E-state index is 0. The molecule has 0 saturated heterocycles. The first-order valence-electron chi connectivity index (χ1n) is 11.6. The molecule has 0 heterocycles. The number of fused-ring (bicyclic) bond motifs is 3. The van der Waals surface area contributed by atoms with Crippen LogP contribution < -0.4 is 24.8 Å². The summed E-state index contributed by atoms with van der Waals surface area (Å²) in [7, 11) is 0. The Hall–Kier alpha value is -2.48. The number of rotatable bonds is 2. The van der Waals surface area contributed by atoms with E-state index in [1.807, 2.05) is 24.3 Å². The quantitative estimate of drug-likeness (QED) is 0.236. The number of halogens is 2. The van der Waals surface area contributed by atoms with Crippen LogP contribution in [0.15, 0.2) is 109 Å². The Morgan fingerprint density at radius 1 is 0.750 bits per heavy atom. The summed E-state index contributed by atoms with van der Waals surface area (Å²) < 4.78 is 1.33. The molecule has 0 nitrogen and oxygen atoms in total. The Bertz CT molecular complexity index is 1220. The van der Waals surface area contributed by atoms with E-state index < -0.39 is 0 Å². The van der Waals surface area contributed by atoms with Gasteiger partial charge in [-0.15, -0.1) is 12.0 Å². The van der Waals surface area contributed by atoms with Crippen molar-refractivity contribution in [1.82, 2.24) is 0 Å². The Kier molecular flexibility index (Phi) is 12.3. The van der Waals surface area contributed by atoms with E-state index in [0.29, 0.717) is 0 Å². The van der Waals surface area contributed by atoms with E-state index in [4.69, 9.17) is 0 Å². The van der Waals surface area contributed by atoms with Crippen LogP contribution in [-0.4, -0.2) is 3.81 Å². The predicted octanol–water partition coefficient (Wildman–Crippen LogP) is 1.79. The van der Waals surface area contributed by atoms with Crippen LogP contribution >= 0.6 is 0 Å². The molecule has 0 N–H and O–H groups in total. The summed E-state index contributed by atoms with van der Waals surface area (Å²) in [4.78, 5) is 0.